The van der Waals surface area contributed by atoms with Gasteiger partial charge in [0, 0.05) is 44.1 Å². The van der Waals surface area contributed by atoms with E-state index in [1.165, 1.54) is 0 Å². The fraction of sp³-hybridized carbons (Fsp3) is 0.571. The molecule has 0 unspecified atom stereocenters. The smallest absolute Gasteiger partial charge is 0.229 e. The molecule has 1 aliphatic rings. The van der Waals surface area contributed by atoms with Crippen molar-refractivity contribution in [2.24, 2.45) is 11.7 Å². The van der Waals surface area contributed by atoms with E-state index in [9.17, 15) is 4.79 Å². The number of hydrogen-bond acceptors (Lipinski definition) is 4. The third-order valence-electron chi connectivity index (χ3n) is 3.76. The molecular formula is C14H22N4O. The maximum Gasteiger partial charge on any atom is 0.229 e. The summed E-state index contributed by atoms with van der Waals surface area (Å²) in [6.07, 6.45) is 5.27. The molecule has 1 amide bonds. The standard InChI is InChI=1S/C14H22N4O/c1-17(13-2-7-16-8-3-13)14(19)12-4-9-18(10-5-12)11-6-15/h2-3,7-8,12H,4-6,9-11,15H2,1H3. The molecular weight excluding hydrogens is 240 g/mol. The second-order valence-electron chi connectivity index (χ2n) is 5.01. The van der Waals surface area contributed by atoms with Gasteiger partial charge in [-0.25, -0.2) is 0 Å². The van der Waals surface area contributed by atoms with Crippen molar-refractivity contribution in [2.45, 2.75) is 12.8 Å². The molecule has 0 aromatic carbocycles. The molecule has 0 saturated carbocycles. The number of rotatable bonds is 4. The molecule has 0 atom stereocenters. The van der Waals surface area contributed by atoms with Crippen molar-refractivity contribution in [3.05, 3.63) is 24.5 Å². The van der Waals surface area contributed by atoms with Gasteiger partial charge in [-0.15, -0.1) is 0 Å². The van der Waals surface area contributed by atoms with Crippen molar-refractivity contribution < 1.29 is 4.79 Å². The SMILES string of the molecule is CN(C(=O)C1CCN(CCN)CC1)c1ccncc1. The minimum atomic E-state index is 0.132. The van der Waals surface area contributed by atoms with Gasteiger partial charge in [-0.3, -0.25) is 9.78 Å². The number of carbonyl (C=O) groups excluding carboxylic acids is 1. The number of nitrogens with two attached hydrogens (primary N) is 1. The van der Waals surface area contributed by atoms with Crippen LogP contribution < -0.4 is 10.6 Å². The first-order chi connectivity index (χ1) is 9.22. The molecule has 1 fully saturated rings. The van der Waals surface area contributed by atoms with E-state index in [1.54, 1.807) is 17.3 Å². The second-order valence-corrected chi connectivity index (χ2v) is 5.01. The highest BCUT2D eigenvalue weighted by Gasteiger charge is 2.27. The number of pyridine rings is 1. The lowest BCUT2D eigenvalue weighted by Gasteiger charge is -2.32. The molecule has 2 heterocycles. The van der Waals surface area contributed by atoms with Crippen LogP contribution in [0.3, 0.4) is 0 Å². The van der Waals surface area contributed by atoms with Crippen molar-refractivity contribution in [1.82, 2.24) is 9.88 Å². The van der Waals surface area contributed by atoms with E-state index >= 15 is 0 Å². The Morgan fingerprint density at radius 3 is 2.63 bits per heavy atom. The van der Waals surface area contributed by atoms with Gasteiger partial charge in [0.25, 0.3) is 0 Å². The van der Waals surface area contributed by atoms with Crippen LogP contribution in [0.1, 0.15) is 12.8 Å². The van der Waals surface area contributed by atoms with Gasteiger partial charge in [0.2, 0.25) is 5.91 Å². The Bertz CT molecular complexity index is 401. The molecule has 104 valence electrons. The van der Waals surface area contributed by atoms with E-state index in [1.807, 2.05) is 19.2 Å². The highest BCUT2D eigenvalue weighted by atomic mass is 16.2. The lowest BCUT2D eigenvalue weighted by Crippen LogP contribution is -2.42. The van der Waals surface area contributed by atoms with Crippen LogP contribution in [0.25, 0.3) is 0 Å². The molecule has 19 heavy (non-hydrogen) atoms. The number of carbonyl (C=O) groups is 1. The number of anilines is 1. The Balaban J connectivity index is 1.91. The number of amides is 1. The van der Waals surface area contributed by atoms with Crippen LogP contribution >= 0.6 is 0 Å². The maximum absolute atomic E-state index is 12.4. The number of aromatic nitrogens is 1. The van der Waals surface area contributed by atoms with Crippen LogP contribution in [-0.4, -0.2) is 49.0 Å². The summed E-state index contributed by atoms with van der Waals surface area (Å²) in [5.41, 5.74) is 6.46. The minimum Gasteiger partial charge on any atom is -0.329 e. The Kier molecular flexibility index (Phi) is 4.87. The maximum atomic E-state index is 12.4. The summed E-state index contributed by atoms with van der Waals surface area (Å²) in [4.78, 5) is 20.5. The van der Waals surface area contributed by atoms with E-state index in [4.69, 9.17) is 5.73 Å². The summed E-state index contributed by atoms with van der Waals surface area (Å²) in [6.45, 7) is 3.56. The quantitative estimate of drug-likeness (QED) is 0.868. The monoisotopic (exact) mass is 262 g/mol. The molecule has 0 spiro atoms. The first-order valence-corrected chi connectivity index (χ1v) is 6.82. The van der Waals surface area contributed by atoms with E-state index in [2.05, 4.69) is 9.88 Å². The zero-order valence-electron chi connectivity index (χ0n) is 11.5. The van der Waals surface area contributed by atoms with Crippen molar-refractivity contribution >= 4 is 11.6 Å². The Labute approximate surface area is 114 Å². The first-order valence-electron chi connectivity index (χ1n) is 6.82. The number of hydrogen-bond donors (Lipinski definition) is 1. The van der Waals surface area contributed by atoms with Crippen molar-refractivity contribution in [3.8, 4) is 0 Å². The van der Waals surface area contributed by atoms with E-state index in [0.717, 1.165) is 38.2 Å². The summed E-state index contributed by atoms with van der Waals surface area (Å²) in [6, 6.07) is 3.73. The van der Waals surface area contributed by atoms with Crippen molar-refractivity contribution in [2.75, 3.05) is 38.1 Å². The summed E-state index contributed by atoms with van der Waals surface area (Å²) in [7, 11) is 1.84. The van der Waals surface area contributed by atoms with Crippen LogP contribution in [0.2, 0.25) is 0 Å². The van der Waals surface area contributed by atoms with Gasteiger partial charge in [-0.2, -0.15) is 0 Å². The average Bonchev–Trinajstić information content (AvgIpc) is 2.48. The van der Waals surface area contributed by atoms with E-state index < -0.39 is 0 Å². The summed E-state index contributed by atoms with van der Waals surface area (Å²) >= 11 is 0. The van der Waals surface area contributed by atoms with Gasteiger partial charge >= 0.3 is 0 Å². The second kappa shape index (κ2) is 6.63. The van der Waals surface area contributed by atoms with Gasteiger partial charge < -0.3 is 15.5 Å². The van der Waals surface area contributed by atoms with E-state index in [-0.39, 0.29) is 11.8 Å². The molecule has 2 N–H and O–H groups in total. The van der Waals surface area contributed by atoms with Crippen LogP contribution in [0, 0.1) is 5.92 Å². The fourth-order valence-corrected chi connectivity index (χ4v) is 2.55. The molecule has 1 aromatic rings. The van der Waals surface area contributed by atoms with Gasteiger partial charge in [0.1, 0.15) is 0 Å². The lowest BCUT2D eigenvalue weighted by atomic mass is 9.95. The summed E-state index contributed by atoms with van der Waals surface area (Å²) in [5.74, 6) is 0.339. The average molecular weight is 262 g/mol. The zero-order valence-corrected chi connectivity index (χ0v) is 11.5. The Hall–Kier alpha value is -1.46. The van der Waals surface area contributed by atoms with Crippen LogP contribution in [0.4, 0.5) is 5.69 Å². The number of likely N-dealkylation sites (tertiary alicyclic amines) is 1. The van der Waals surface area contributed by atoms with Gasteiger partial charge in [-0.05, 0) is 38.1 Å². The van der Waals surface area contributed by atoms with E-state index in [0.29, 0.717) is 6.54 Å². The molecule has 5 nitrogen and oxygen atoms in total. The lowest BCUT2D eigenvalue weighted by molar-refractivity contribution is -0.123. The van der Waals surface area contributed by atoms with Crippen LogP contribution in [-0.2, 0) is 4.79 Å². The Morgan fingerprint density at radius 2 is 2.05 bits per heavy atom. The van der Waals surface area contributed by atoms with Crippen molar-refractivity contribution in [3.63, 3.8) is 0 Å². The minimum absolute atomic E-state index is 0.132. The highest BCUT2D eigenvalue weighted by molar-refractivity contribution is 5.94. The normalized spacial score (nSPS) is 17.4. The topological polar surface area (TPSA) is 62.5 Å². The molecule has 2 rings (SSSR count). The highest BCUT2D eigenvalue weighted by Crippen LogP contribution is 2.21. The van der Waals surface area contributed by atoms with Gasteiger partial charge in [-0.1, -0.05) is 0 Å². The molecule has 5 heteroatoms. The number of piperidine rings is 1. The van der Waals surface area contributed by atoms with Gasteiger partial charge in [0.15, 0.2) is 0 Å². The summed E-state index contributed by atoms with van der Waals surface area (Å²) < 4.78 is 0. The predicted octanol–water partition coefficient (Wildman–Crippen LogP) is 0.715. The first kappa shape index (κ1) is 14.0. The third-order valence-corrected chi connectivity index (χ3v) is 3.76. The van der Waals surface area contributed by atoms with Gasteiger partial charge in [0.05, 0.1) is 0 Å². The third kappa shape index (κ3) is 3.52. The zero-order chi connectivity index (χ0) is 13.7. The van der Waals surface area contributed by atoms with Crippen molar-refractivity contribution in [1.29, 1.82) is 0 Å². The number of nitrogens with zero attached hydrogens (tertiary/aromatic N) is 3. The molecule has 0 radical (unpaired) electrons. The summed E-state index contributed by atoms with van der Waals surface area (Å²) in [5, 5.41) is 0. The van der Waals surface area contributed by atoms with Crippen LogP contribution in [0.5, 0.6) is 0 Å². The fourth-order valence-electron chi connectivity index (χ4n) is 2.55. The molecule has 0 bridgehead atoms. The largest absolute Gasteiger partial charge is 0.329 e. The molecule has 0 aliphatic carbocycles. The molecule has 1 aromatic heterocycles. The van der Waals surface area contributed by atoms with Crippen LogP contribution in [0.15, 0.2) is 24.5 Å². The predicted molar refractivity (Wildman–Crippen MR) is 75.9 cm³/mol. The Morgan fingerprint density at radius 1 is 1.42 bits per heavy atom. The molecule has 1 aliphatic heterocycles. The molecule has 1 saturated heterocycles.